The minimum absolute atomic E-state index is 0.0384. The highest BCUT2D eigenvalue weighted by Crippen LogP contribution is 2.42. The molecule has 1 amide bonds. The minimum Gasteiger partial charge on any atom is -0.377 e. The van der Waals surface area contributed by atoms with E-state index >= 15 is 0 Å². The van der Waals surface area contributed by atoms with Crippen LogP contribution < -0.4 is 9.62 Å². The molecule has 2 aliphatic heterocycles. The number of ether oxygens (including phenoxy) is 1. The lowest BCUT2D eigenvalue weighted by Crippen LogP contribution is -2.67. The quantitative estimate of drug-likeness (QED) is 0.407. The number of nitrogens with zero attached hydrogens (tertiary/aromatic N) is 7. The minimum atomic E-state index is -4.14. The van der Waals surface area contributed by atoms with E-state index in [0.717, 1.165) is 0 Å². The molecule has 0 radical (unpaired) electrons. The average molecular weight is 607 g/mol. The van der Waals surface area contributed by atoms with E-state index in [2.05, 4.69) is 24.9 Å². The van der Waals surface area contributed by atoms with Gasteiger partial charge in [0.1, 0.15) is 5.69 Å². The van der Waals surface area contributed by atoms with Gasteiger partial charge in [0.2, 0.25) is 15.9 Å². The number of carbonyl (C=O) groups is 1. The summed E-state index contributed by atoms with van der Waals surface area (Å²) >= 11 is 0.693. The average Bonchev–Trinajstić information content (AvgIpc) is 3.35. The lowest BCUT2D eigenvalue weighted by Gasteiger charge is -2.51. The first-order chi connectivity index (χ1) is 19.4. The summed E-state index contributed by atoms with van der Waals surface area (Å²) in [7, 11) is -2.45. The van der Waals surface area contributed by atoms with Crippen LogP contribution in [0.5, 0.6) is 0 Å². The number of halogens is 2. The fourth-order valence-corrected chi connectivity index (χ4v) is 7.63. The molecule has 41 heavy (non-hydrogen) atoms. The summed E-state index contributed by atoms with van der Waals surface area (Å²) in [5, 5.41) is 12.1. The van der Waals surface area contributed by atoms with Crippen LogP contribution in [0, 0.1) is 12.5 Å². The van der Waals surface area contributed by atoms with E-state index in [1.54, 1.807) is 17.8 Å². The molecule has 1 aliphatic carbocycles. The summed E-state index contributed by atoms with van der Waals surface area (Å²) in [6.45, 7) is 12.6. The number of carbonyl (C=O) groups excluding carboxylic acids is 1. The van der Waals surface area contributed by atoms with E-state index < -0.39 is 27.1 Å². The molecule has 0 spiro atoms. The second kappa shape index (κ2) is 9.93. The van der Waals surface area contributed by atoms with Crippen LogP contribution >= 0.6 is 11.3 Å². The van der Waals surface area contributed by atoms with E-state index in [0.29, 0.717) is 67.1 Å². The van der Waals surface area contributed by atoms with Gasteiger partial charge >= 0.3 is 0 Å². The Labute approximate surface area is 239 Å². The van der Waals surface area contributed by atoms with Gasteiger partial charge in [0, 0.05) is 31.4 Å². The van der Waals surface area contributed by atoms with Gasteiger partial charge in [-0.15, -0.1) is 14.9 Å². The highest BCUT2D eigenvalue weighted by atomic mass is 32.2. The fraction of sp³-hybridized carbons (Fsp3) is 0.560. The molecule has 16 heteroatoms. The Morgan fingerprint density at radius 2 is 1.90 bits per heavy atom. The highest BCUT2D eigenvalue weighted by Gasteiger charge is 2.54. The van der Waals surface area contributed by atoms with Gasteiger partial charge in [0.15, 0.2) is 10.0 Å². The SMILES string of the molecule is [C-]#[N+]C1(NS(=O)(=O)c2cc(N3CC4COCC(C3)N4C(=O)C(C)C)c3c(c2)c(-c2nnc(C(F)F)s2)nn3C)CC1. The molecule has 2 aromatic heterocycles. The van der Waals surface area contributed by atoms with Gasteiger partial charge in [0.25, 0.3) is 12.1 Å². The molecular weight excluding hydrogens is 578 g/mol. The maximum absolute atomic E-state index is 13.6. The Kier molecular flexibility index (Phi) is 6.76. The largest absolute Gasteiger partial charge is 0.377 e. The predicted octanol–water partition coefficient (Wildman–Crippen LogP) is 2.79. The molecule has 2 saturated heterocycles. The number of hydrogen-bond donors (Lipinski definition) is 1. The number of hydrogen-bond acceptors (Lipinski definition) is 9. The van der Waals surface area contributed by atoms with Crippen LogP contribution in [0.2, 0.25) is 0 Å². The smallest absolute Gasteiger partial charge is 0.299 e. The molecule has 4 heterocycles. The number of morpholine rings is 1. The van der Waals surface area contributed by atoms with Crippen molar-refractivity contribution in [3.63, 3.8) is 0 Å². The number of piperazine rings is 1. The van der Waals surface area contributed by atoms with Gasteiger partial charge in [0.05, 0.1) is 54.2 Å². The number of sulfonamides is 1. The van der Waals surface area contributed by atoms with Crippen LogP contribution in [0.15, 0.2) is 17.0 Å². The summed E-state index contributed by atoms with van der Waals surface area (Å²) in [5.41, 5.74) is 0.216. The number of alkyl halides is 2. The van der Waals surface area contributed by atoms with Crippen LogP contribution in [0.3, 0.4) is 0 Å². The number of amides is 1. The Morgan fingerprint density at radius 3 is 2.46 bits per heavy atom. The van der Waals surface area contributed by atoms with Gasteiger partial charge in [-0.3, -0.25) is 14.3 Å². The first kappa shape index (κ1) is 27.9. The summed E-state index contributed by atoms with van der Waals surface area (Å²) in [6, 6.07) is 2.51. The molecule has 12 nitrogen and oxygen atoms in total. The molecule has 3 aromatic rings. The molecule has 1 aromatic carbocycles. The molecule has 1 N–H and O–H groups in total. The number of aromatic nitrogens is 4. The maximum Gasteiger partial charge on any atom is 0.299 e. The Balaban J connectivity index is 1.49. The first-order valence-corrected chi connectivity index (χ1v) is 15.4. The van der Waals surface area contributed by atoms with Crippen molar-refractivity contribution >= 4 is 43.9 Å². The van der Waals surface area contributed by atoms with Crippen LogP contribution in [-0.4, -0.2) is 83.3 Å². The molecule has 2 bridgehead atoms. The molecular formula is C25H28F2N8O4S2. The summed E-state index contributed by atoms with van der Waals surface area (Å²) < 4.78 is 63.7. The van der Waals surface area contributed by atoms with Crippen LogP contribution in [-0.2, 0) is 26.6 Å². The summed E-state index contributed by atoms with van der Waals surface area (Å²) in [6.07, 6.45) is -1.97. The van der Waals surface area contributed by atoms with Crippen LogP contribution in [0.4, 0.5) is 14.5 Å². The maximum atomic E-state index is 13.6. The Hall–Kier alpha value is -3.26. The normalized spacial score (nSPS) is 22.0. The zero-order valence-electron chi connectivity index (χ0n) is 22.5. The number of nitrogens with one attached hydrogen (secondary N) is 1. The van der Waals surface area contributed by atoms with E-state index in [9.17, 15) is 22.0 Å². The van der Waals surface area contributed by atoms with Gasteiger partial charge < -0.3 is 14.5 Å². The van der Waals surface area contributed by atoms with Crippen molar-refractivity contribution in [2.24, 2.45) is 13.0 Å². The standard InChI is InChI=1S/C25H28F2N8O4S2/c1-13(2)24(36)35-14-9-34(10-15(35)12-39-11-14)18-8-16(41(37,38)32-25(28-3)5-6-25)7-17-19(31-33(4)20(17)18)22-29-30-23(40-22)21(26)27/h7-8,13-15,21,32H,5-6,9-12H2,1-2,4H3. The van der Waals surface area contributed by atoms with Gasteiger partial charge in [-0.1, -0.05) is 25.2 Å². The highest BCUT2D eigenvalue weighted by molar-refractivity contribution is 7.89. The number of benzene rings is 1. The third-order valence-corrected chi connectivity index (χ3v) is 10.1. The molecule has 3 aliphatic rings. The number of rotatable bonds is 7. The Bertz CT molecular complexity index is 1660. The van der Waals surface area contributed by atoms with Crippen molar-refractivity contribution in [1.82, 2.24) is 29.6 Å². The summed E-state index contributed by atoms with van der Waals surface area (Å²) in [4.78, 5) is 20.4. The molecule has 2 unspecified atom stereocenters. The third kappa shape index (κ3) is 4.84. The number of anilines is 1. The zero-order chi connectivity index (χ0) is 29.3. The van der Waals surface area contributed by atoms with Crippen molar-refractivity contribution in [2.75, 3.05) is 31.2 Å². The molecule has 2 atom stereocenters. The lowest BCUT2D eigenvalue weighted by molar-refractivity contribution is -0.150. The Morgan fingerprint density at radius 1 is 1.22 bits per heavy atom. The van der Waals surface area contributed by atoms with Crippen molar-refractivity contribution in [3.8, 4) is 10.7 Å². The van der Waals surface area contributed by atoms with Crippen molar-refractivity contribution in [3.05, 3.63) is 28.6 Å². The van der Waals surface area contributed by atoms with E-state index in [1.165, 1.54) is 6.07 Å². The van der Waals surface area contributed by atoms with Crippen LogP contribution in [0.1, 0.15) is 38.1 Å². The monoisotopic (exact) mass is 606 g/mol. The second-order valence-corrected chi connectivity index (χ2v) is 13.6. The van der Waals surface area contributed by atoms with E-state index in [-0.39, 0.29) is 39.5 Å². The van der Waals surface area contributed by atoms with E-state index in [1.807, 2.05) is 23.6 Å². The molecule has 218 valence electrons. The van der Waals surface area contributed by atoms with Crippen molar-refractivity contribution in [2.45, 2.75) is 55.8 Å². The van der Waals surface area contributed by atoms with Crippen molar-refractivity contribution < 1.29 is 26.7 Å². The molecule has 3 fully saturated rings. The van der Waals surface area contributed by atoms with Crippen molar-refractivity contribution in [1.29, 1.82) is 0 Å². The number of fused-ring (bicyclic) bond motifs is 3. The van der Waals surface area contributed by atoms with Gasteiger partial charge in [-0.05, 0) is 12.1 Å². The number of aryl methyl sites for hydroxylation is 1. The lowest BCUT2D eigenvalue weighted by atomic mass is 10.00. The molecule has 6 rings (SSSR count). The van der Waals surface area contributed by atoms with E-state index in [4.69, 9.17) is 11.3 Å². The van der Waals surface area contributed by atoms with Gasteiger partial charge in [-0.25, -0.2) is 23.8 Å². The summed E-state index contributed by atoms with van der Waals surface area (Å²) in [5.74, 6) is -0.144. The predicted molar refractivity (Wildman–Crippen MR) is 146 cm³/mol. The first-order valence-electron chi connectivity index (χ1n) is 13.1. The fourth-order valence-electron chi connectivity index (χ4n) is 5.52. The molecule has 1 saturated carbocycles. The zero-order valence-corrected chi connectivity index (χ0v) is 24.2. The van der Waals surface area contributed by atoms with Gasteiger partial charge in [-0.2, -0.15) is 5.10 Å². The topological polar surface area (TPSA) is 127 Å². The second-order valence-electron chi connectivity index (χ2n) is 11.0. The van der Waals surface area contributed by atoms with Crippen LogP contribution in [0.25, 0.3) is 26.4 Å². The third-order valence-electron chi connectivity index (χ3n) is 7.65.